The van der Waals surface area contributed by atoms with Crippen LogP contribution in [-0.4, -0.2) is 56.5 Å². The molecule has 0 aliphatic carbocycles. The number of benzene rings is 2. The van der Waals surface area contributed by atoms with Crippen LogP contribution in [0, 0.1) is 12.7 Å². The van der Waals surface area contributed by atoms with E-state index in [9.17, 15) is 14.0 Å². The second kappa shape index (κ2) is 9.52. The normalized spacial score (nSPS) is 14.5. The van der Waals surface area contributed by atoms with Gasteiger partial charge in [0, 0.05) is 44.1 Å². The fourth-order valence-electron chi connectivity index (χ4n) is 3.20. The number of likely N-dealkylation sites (N-methyl/N-ethyl adjacent to an activating group) is 1. The molecule has 154 valence electrons. The van der Waals surface area contributed by atoms with Crippen molar-refractivity contribution in [2.24, 2.45) is 0 Å². The molecule has 29 heavy (non-hydrogen) atoms. The first-order chi connectivity index (χ1) is 13.9. The highest BCUT2D eigenvalue weighted by molar-refractivity contribution is 6.39. The number of aryl methyl sites for hydroxylation is 1. The van der Waals surface area contributed by atoms with E-state index >= 15 is 0 Å². The maximum atomic E-state index is 13.5. The third-order valence-electron chi connectivity index (χ3n) is 5.14. The van der Waals surface area contributed by atoms with Gasteiger partial charge in [-0.25, -0.2) is 4.39 Å². The fourth-order valence-corrected chi connectivity index (χ4v) is 3.20. The lowest BCUT2D eigenvalue weighted by Gasteiger charge is -2.34. The molecule has 1 aliphatic rings. The molecule has 0 unspecified atom stereocenters. The van der Waals surface area contributed by atoms with Crippen LogP contribution in [0.15, 0.2) is 42.5 Å². The summed E-state index contributed by atoms with van der Waals surface area (Å²) in [6.45, 7) is 6.14. The molecule has 0 spiro atoms. The molecular weight excluding hydrogens is 371 g/mol. The molecule has 2 N–H and O–H groups in total. The number of carbonyl (C=O) groups excluding carboxylic acids is 2. The Morgan fingerprint density at radius 1 is 1.00 bits per heavy atom. The van der Waals surface area contributed by atoms with Crippen LogP contribution < -0.4 is 15.5 Å². The number of nitrogens with zero attached hydrogens (tertiary/aromatic N) is 2. The lowest BCUT2D eigenvalue weighted by atomic mass is 10.1. The zero-order chi connectivity index (χ0) is 20.8. The van der Waals surface area contributed by atoms with E-state index in [0.717, 1.165) is 31.7 Å². The molecule has 0 bridgehead atoms. The van der Waals surface area contributed by atoms with Gasteiger partial charge in [0.15, 0.2) is 0 Å². The molecule has 0 aromatic heterocycles. The first kappa shape index (κ1) is 20.8. The summed E-state index contributed by atoms with van der Waals surface area (Å²) in [6.07, 6.45) is 0.626. The number of hydrogen-bond acceptors (Lipinski definition) is 4. The van der Waals surface area contributed by atoms with Gasteiger partial charge in [-0.05, 0) is 55.8 Å². The Bertz CT molecular complexity index is 862. The van der Waals surface area contributed by atoms with Crippen LogP contribution in [0.5, 0.6) is 0 Å². The van der Waals surface area contributed by atoms with Crippen LogP contribution in [0.3, 0.4) is 0 Å². The molecule has 1 fully saturated rings. The number of anilines is 2. The standard InChI is InChI=1S/C22H27FN4O2/c1-16-3-6-18(15-20(16)23)25-22(29)21(28)24-10-9-17-4-7-19(8-5-17)27-13-11-26(2)12-14-27/h3-8,15H,9-14H2,1-2H3,(H,24,28)(H,25,29). The summed E-state index contributed by atoms with van der Waals surface area (Å²) in [7, 11) is 2.13. The average Bonchev–Trinajstić information content (AvgIpc) is 2.72. The Kier molecular flexibility index (Phi) is 6.82. The zero-order valence-electron chi connectivity index (χ0n) is 16.9. The van der Waals surface area contributed by atoms with Gasteiger partial charge in [0.2, 0.25) is 0 Å². The molecule has 0 radical (unpaired) electrons. The Labute approximate surface area is 170 Å². The minimum Gasteiger partial charge on any atom is -0.369 e. The number of amides is 2. The molecule has 2 aromatic carbocycles. The van der Waals surface area contributed by atoms with Gasteiger partial charge < -0.3 is 20.4 Å². The van der Waals surface area contributed by atoms with Crippen molar-refractivity contribution in [3.05, 3.63) is 59.4 Å². The summed E-state index contributed by atoms with van der Waals surface area (Å²) >= 11 is 0. The van der Waals surface area contributed by atoms with Crippen molar-refractivity contribution in [2.75, 3.05) is 50.0 Å². The molecule has 0 saturated carbocycles. The number of rotatable bonds is 5. The third kappa shape index (κ3) is 5.77. The monoisotopic (exact) mass is 398 g/mol. The van der Waals surface area contributed by atoms with Crippen LogP contribution in [0.25, 0.3) is 0 Å². The first-order valence-electron chi connectivity index (χ1n) is 9.80. The number of carbonyl (C=O) groups is 2. The third-order valence-corrected chi connectivity index (χ3v) is 5.14. The molecule has 0 atom stereocenters. The molecule has 1 aliphatic heterocycles. The molecule has 1 saturated heterocycles. The predicted molar refractivity (Wildman–Crippen MR) is 113 cm³/mol. The van der Waals surface area contributed by atoms with Crippen LogP contribution in [-0.2, 0) is 16.0 Å². The molecular formula is C22H27FN4O2. The second-order valence-electron chi connectivity index (χ2n) is 7.38. The van der Waals surface area contributed by atoms with Crippen molar-refractivity contribution in [2.45, 2.75) is 13.3 Å². The highest BCUT2D eigenvalue weighted by atomic mass is 19.1. The number of halogens is 1. The lowest BCUT2D eigenvalue weighted by molar-refractivity contribution is -0.136. The van der Waals surface area contributed by atoms with Crippen LogP contribution in [0.2, 0.25) is 0 Å². The van der Waals surface area contributed by atoms with Crippen LogP contribution >= 0.6 is 0 Å². The van der Waals surface area contributed by atoms with Gasteiger partial charge in [-0.1, -0.05) is 18.2 Å². The Balaban J connectivity index is 1.43. The quantitative estimate of drug-likeness (QED) is 0.758. The van der Waals surface area contributed by atoms with E-state index in [4.69, 9.17) is 0 Å². The fraction of sp³-hybridized carbons (Fsp3) is 0.364. The van der Waals surface area contributed by atoms with E-state index in [1.807, 2.05) is 0 Å². The first-order valence-corrected chi connectivity index (χ1v) is 9.80. The SMILES string of the molecule is Cc1ccc(NC(=O)C(=O)NCCc2ccc(N3CCN(C)CC3)cc2)cc1F. The topological polar surface area (TPSA) is 64.7 Å². The summed E-state index contributed by atoms with van der Waals surface area (Å²) in [6, 6.07) is 12.6. The van der Waals surface area contributed by atoms with Crippen molar-refractivity contribution < 1.29 is 14.0 Å². The second-order valence-corrected chi connectivity index (χ2v) is 7.38. The highest BCUT2D eigenvalue weighted by Crippen LogP contribution is 2.17. The molecule has 6 nitrogen and oxygen atoms in total. The van der Waals surface area contributed by atoms with Gasteiger partial charge in [0.05, 0.1) is 0 Å². The summed E-state index contributed by atoms with van der Waals surface area (Å²) in [4.78, 5) is 28.6. The van der Waals surface area contributed by atoms with Crippen LogP contribution in [0.1, 0.15) is 11.1 Å². The number of hydrogen-bond donors (Lipinski definition) is 2. The van der Waals surface area contributed by atoms with E-state index in [2.05, 4.69) is 51.7 Å². The largest absolute Gasteiger partial charge is 0.369 e. The average molecular weight is 398 g/mol. The summed E-state index contributed by atoms with van der Waals surface area (Å²) in [5.41, 5.74) is 3.03. The van der Waals surface area contributed by atoms with E-state index in [1.165, 1.54) is 11.8 Å². The van der Waals surface area contributed by atoms with E-state index in [0.29, 0.717) is 18.5 Å². The number of nitrogens with one attached hydrogen (secondary N) is 2. The molecule has 3 rings (SSSR count). The Morgan fingerprint density at radius 3 is 2.34 bits per heavy atom. The summed E-state index contributed by atoms with van der Waals surface area (Å²) in [5.74, 6) is -1.97. The predicted octanol–water partition coefficient (Wildman–Crippen LogP) is 2.18. The van der Waals surface area contributed by atoms with Gasteiger partial charge in [0.1, 0.15) is 5.82 Å². The van der Waals surface area contributed by atoms with E-state index in [-0.39, 0.29) is 5.69 Å². The maximum Gasteiger partial charge on any atom is 0.313 e. The van der Waals surface area contributed by atoms with Gasteiger partial charge >= 0.3 is 11.8 Å². The zero-order valence-corrected chi connectivity index (χ0v) is 16.9. The molecule has 7 heteroatoms. The number of piperazine rings is 1. The van der Waals surface area contributed by atoms with Gasteiger partial charge in [-0.3, -0.25) is 9.59 Å². The summed E-state index contributed by atoms with van der Waals surface area (Å²) in [5, 5.41) is 5.00. The van der Waals surface area contributed by atoms with Crippen molar-refractivity contribution in [3.63, 3.8) is 0 Å². The van der Waals surface area contributed by atoms with E-state index in [1.54, 1.807) is 19.1 Å². The van der Waals surface area contributed by atoms with Gasteiger partial charge in [-0.2, -0.15) is 0 Å². The van der Waals surface area contributed by atoms with Crippen molar-refractivity contribution in [1.82, 2.24) is 10.2 Å². The van der Waals surface area contributed by atoms with Gasteiger partial charge in [-0.15, -0.1) is 0 Å². The maximum absolute atomic E-state index is 13.5. The minimum absolute atomic E-state index is 0.257. The lowest BCUT2D eigenvalue weighted by Crippen LogP contribution is -2.44. The molecule has 1 heterocycles. The van der Waals surface area contributed by atoms with Gasteiger partial charge in [0.25, 0.3) is 0 Å². The molecule has 2 aromatic rings. The smallest absolute Gasteiger partial charge is 0.313 e. The van der Waals surface area contributed by atoms with Crippen LogP contribution in [0.4, 0.5) is 15.8 Å². The van der Waals surface area contributed by atoms with Crippen molar-refractivity contribution >= 4 is 23.2 Å². The minimum atomic E-state index is -0.807. The Morgan fingerprint density at radius 2 is 1.69 bits per heavy atom. The van der Waals surface area contributed by atoms with Crippen molar-refractivity contribution in [1.29, 1.82) is 0 Å². The molecule has 2 amide bonds. The Hall–Kier alpha value is -2.93. The van der Waals surface area contributed by atoms with E-state index < -0.39 is 17.6 Å². The van der Waals surface area contributed by atoms with Crippen molar-refractivity contribution in [3.8, 4) is 0 Å². The summed E-state index contributed by atoms with van der Waals surface area (Å²) < 4.78 is 13.5. The highest BCUT2D eigenvalue weighted by Gasteiger charge is 2.15.